The van der Waals surface area contributed by atoms with Crippen molar-refractivity contribution in [2.45, 2.75) is 12.3 Å². The molecule has 94 valence electrons. The van der Waals surface area contributed by atoms with Gasteiger partial charge in [-0.2, -0.15) is 0 Å². The monoisotopic (exact) mass is 237 g/mol. The predicted octanol–water partition coefficient (Wildman–Crippen LogP) is 0.753. The summed E-state index contributed by atoms with van der Waals surface area (Å²) in [7, 11) is 5.23. The molecule has 0 fully saturated rings. The predicted molar refractivity (Wildman–Crippen MR) is 67.0 cm³/mol. The van der Waals surface area contributed by atoms with E-state index >= 15 is 0 Å². The van der Waals surface area contributed by atoms with Crippen LogP contribution in [0.2, 0.25) is 0 Å². The summed E-state index contributed by atoms with van der Waals surface area (Å²) in [6.45, 7) is 0.401. The van der Waals surface area contributed by atoms with E-state index in [-0.39, 0.29) is 18.3 Å². The second-order valence-corrected chi connectivity index (χ2v) is 4.06. The summed E-state index contributed by atoms with van der Waals surface area (Å²) in [5, 5.41) is 0. The van der Waals surface area contributed by atoms with Gasteiger partial charge in [-0.25, -0.2) is 4.98 Å². The van der Waals surface area contributed by atoms with Gasteiger partial charge in [0, 0.05) is 26.2 Å². The van der Waals surface area contributed by atoms with Gasteiger partial charge in [0.15, 0.2) is 0 Å². The van der Waals surface area contributed by atoms with Gasteiger partial charge in [0.1, 0.15) is 5.82 Å². The van der Waals surface area contributed by atoms with Gasteiger partial charge >= 0.3 is 5.97 Å². The molecular weight excluding hydrogens is 218 g/mol. The highest BCUT2D eigenvalue weighted by Gasteiger charge is 2.15. The first-order valence-corrected chi connectivity index (χ1v) is 5.48. The topological polar surface area (TPSA) is 68.5 Å². The lowest BCUT2D eigenvalue weighted by Crippen LogP contribution is -2.18. The molecule has 1 aromatic heterocycles. The molecule has 0 spiro atoms. The van der Waals surface area contributed by atoms with Crippen molar-refractivity contribution in [1.82, 2.24) is 4.98 Å². The zero-order chi connectivity index (χ0) is 12.8. The third-order valence-electron chi connectivity index (χ3n) is 2.63. The number of carbonyl (C=O) groups is 1. The van der Waals surface area contributed by atoms with E-state index < -0.39 is 0 Å². The second-order valence-electron chi connectivity index (χ2n) is 4.06. The molecule has 2 N–H and O–H groups in total. The van der Waals surface area contributed by atoms with Crippen LogP contribution in [0.1, 0.15) is 17.9 Å². The third-order valence-corrected chi connectivity index (χ3v) is 2.63. The number of ether oxygens (including phenoxy) is 1. The fraction of sp³-hybridized carbons (Fsp3) is 0.500. The standard InChI is InChI=1S/C12H19N3O2/c1-15(2)11-5-4-9(8-14-11)10(7-13)6-12(16)17-3/h4-5,8,10H,6-7,13H2,1-3H3. The van der Waals surface area contributed by atoms with Crippen molar-refractivity contribution in [2.24, 2.45) is 5.73 Å². The van der Waals surface area contributed by atoms with Crippen molar-refractivity contribution >= 4 is 11.8 Å². The molecule has 1 aromatic rings. The van der Waals surface area contributed by atoms with Crippen LogP contribution >= 0.6 is 0 Å². The Morgan fingerprint density at radius 2 is 2.24 bits per heavy atom. The van der Waals surface area contributed by atoms with Gasteiger partial charge in [0.2, 0.25) is 0 Å². The molecule has 0 bridgehead atoms. The highest BCUT2D eigenvalue weighted by atomic mass is 16.5. The van der Waals surface area contributed by atoms with Crippen LogP contribution in [-0.2, 0) is 9.53 Å². The molecule has 1 heterocycles. The van der Waals surface area contributed by atoms with E-state index in [9.17, 15) is 4.79 Å². The smallest absolute Gasteiger partial charge is 0.306 e. The van der Waals surface area contributed by atoms with E-state index in [1.807, 2.05) is 31.1 Å². The molecule has 1 unspecified atom stereocenters. The molecule has 17 heavy (non-hydrogen) atoms. The molecular formula is C12H19N3O2. The fourth-order valence-electron chi connectivity index (χ4n) is 1.53. The molecule has 0 aliphatic heterocycles. The largest absolute Gasteiger partial charge is 0.469 e. The first-order chi connectivity index (χ1) is 8.08. The highest BCUT2D eigenvalue weighted by Crippen LogP contribution is 2.20. The number of esters is 1. The number of aromatic nitrogens is 1. The molecule has 0 amide bonds. The second kappa shape index (κ2) is 6.20. The molecule has 0 saturated heterocycles. The van der Waals surface area contributed by atoms with Crippen LogP contribution < -0.4 is 10.6 Å². The SMILES string of the molecule is COC(=O)CC(CN)c1ccc(N(C)C)nc1. The van der Waals surface area contributed by atoms with E-state index in [1.54, 1.807) is 6.20 Å². The van der Waals surface area contributed by atoms with E-state index in [0.29, 0.717) is 6.54 Å². The van der Waals surface area contributed by atoms with E-state index in [1.165, 1.54) is 7.11 Å². The van der Waals surface area contributed by atoms with Crippen molar-refractivity contribution in [2.75, 3.05) is 32.6 Å². The quantitative estimate of drug-likeness (QED) is 0.765. The Morgan fingerprint density at radius 1 is 1.53 bits per heavy atom. The number of hydrogen-bond acceptors (Lipinski definition) is 5. The summed E-state index contributed by atoms with van der Waals surface area (Å²) < 4.78 is 4.64. The van der Waals surface area contributed by atoms with Gasteiger partial charge in [-0.05, 0) is 18.2 Å². The minimum absolute atomic E-state index is 0.0360. The van der Waals surface area contributed by atoms with Gasteiger partial charge < -0.3 is 15.4 Å². The average molecular weight is 237 g/mol. The number of nitrogens with zero attached hydrogens (tertiary/aromatic N) is 2. The van der Waals surface area contributed by atoms with Crippen LogP contribution in [-0.4, -0.2) is 38.7 Å². The van der Waals surface area contributed by atoms with Crippen LogP contribution in [0, 0.1) is 0 Å². The minimum Gasteiger partial charge on any atom is -0.469 e. The molecule has 1 rings (SSSR count). The average Bonchev–Trinajstić information content (AvgIpc) is 2.35. The fourth-order valence-corrected chi connectivity index (χ4v) is 1.53. The Morgan fingerprint density at radius 3 is 2.65 bits per heavy atom. The van der Waals surface area contributed by atoms with Crippen LogP contribution in [0.4, 0.5) is 5.82 Å². The summed E-state index contributed by atoms with van der Waals surface area (Å²) >= 11 is 0. The molecule has 5 nitrogen and oxygen atoms in total. The number of hydrogen-bond donors (Lipinski definition) is 1. The minimum atomic E-state index is -0.253. The van der Waals surface area contributed by atoms with Crippen molar-refractivity contribution in [1.29, 1.82) is 0 Å². The maximum atomic E-state index is 11.2. The molecule has 5 heteroatoms. The number of anilines is 1. The van der Waals surface area contributed by atoms with E-state index in [4.69, 9.17) is 5.73 Å². The molecule has 0 radical (unpaired) electrons. The number of methoxy groups -OCH3 is 1. The first-order valence-electron chi connectivity index (χ1n) is 5.48. The van der Waals surface area contributed by atoms with Crippen molar-refractivity contribution in [3.05, 3.63) is 23.9 Å². The Bertz CT molecular complexity index is 363. The van der Waals surface area contributed by atoms with E-state index in [0.717, 1.165) is 11.4 Å². The van der Waals surface area contributed by atoms with E-state index in [2.05, 4.69) is 9.72 Å². The molecule has 0 saturated carbocycles. The van der Waals surface area contributed by atoms with Gasteiger partial charge in [-0.3, -0.25) is 4.79 Å². The molecule has 0 aliphatic rings. The number of carbonyl (C=O) groups excluding carboxylic acids is 1. The normalized spacial score (nSPS) is 12.0. The first kappa shape index (κ1) is 13.4. The van der Waals surface area contributed by atoms with Crippen LogP contribution in [0.15, 0.2) is 18.3 Å². The van der Waals surface area contributed by atoms with Crippen LogP contribution in [0.5, 0.6) is 0 Å². The summed E-state index contributed by atoms with van der Waals surface area (Å²) in [6.07, 6.45) is 2.05. The zero-order valence-corrected chi connectivity index (χ0v) is 10.5. The summed E-state index contributed by atoms with van der Waals surface area (Å²) in [5.74, 6) is 0.589. The maximum Gasteiger partial charge on any atom is 0.306 e. The molecule has 1 atom stereocenters. The van der Waals surface area contributed by atoms with Crippen molar-refractivity contribution in [3.63, 3.8) is 0 Å². The van der Waals surface area contributed by atoms with Gasteiger partial charge in [-0.1, -0.05) is 6.07 Å². The summed E-state index contributed by atoms with van der Waals surface area (Å²) in [4.78, 5) is 17.4. The Kier molecular flexibility index (Phi) is 4.90. The Hall–Kier alpha value is -1.62. The summed E-state index contributed by atoms with van der Waals surface area (Å²) in [6, 6.07) is 3.86. The number of nitrogens with two attached hydrogens (primary N) is 1. The highest BCUT2D eigenvalue weighted by molar-refractivity contribution is 5.70. The van der Waals surface area contributed by atoms with Crippen molar-refractivity contribution < 1.29 is 9.53 Å². The van der Waals surface area contributed by atoms with Crippen LogP contribution in [0.3, 0.4) is 0 Å². The lowest BCUT2D eigenvalue weighted by atomic mass is 9.97. The maximum absolute atomic E-state index is 11.2. The molecule has 0 aromatic carbocycles. The zero-order valence-electron chi connectivity index (χ0n) is 10.5. The third kappa shape index (κ3) is 3.71. The Labute approximate surface area is 102 Å². The number of rotatable bonds is 5. The Balaban J connectivity index is 2.78. The van der Waals surface area contributed by atoms with Crippen molar-refractivity contribution in [3.8, 4) is 0 Å². The lowest BCUT2D eigenvalue weighted by Gasteiger charge is -2.15. The van der Waals surface area contributed by atoms with Gasteiger partial charge in [0.05, 0.1) is 13.5 Å². The van der Waals surface area contributed by atoms with Gasteiger partial charge in [0.25, 0.3) is 0 Å². The molecule has 0 aliphatic carbocycles. The van der Waals surface area contributed by atoms with Gasteiger partial charge in [-0.15, -0.1) is 0 Å². The van der Waals surface area contributed by atoms with Crippen LogP contribution in [0.25, 0.3) is 0 Å². The number of pyridine rings is 1. The lowest BCUT2D eigenvalue weighted by molar-refractivity contribution is -0.141. The summed E-state index contributed by atoms with van der Waals surface area (Å²) in [5.41, 5.74) is 6.62.